The molecule has 3 aromatic carbocycles. The molecule has 7 heteroatoms. The number of rotatable bonds is 10. The molecule has 0 aliphatic heterocycles. The van der Waals surface area contributed by atoms with E-state index in [4.69, 9.17) is 16.3 Å². The lowest BCUT2D eigenvalue weighted by molar-refractivity contribution is -0.143. The Hall–Kier alpha value is -2.83. The topological polar surface area (TPSA) is 58.6 Å². The van der Waals surface area contributed by atoms with Crippen LogP contribution in [0.15, 0.2) is 77.3 Å². The molecule has 0 saturated heterocycles. The zero-order valence-electron chi connectivity index (χ0n) is 24.2. The summed E-state index contributed by atoms with van der Waals surface area (Å²) in [5.74, 6) is 0.203. The number of amides is 2. The van der Waals surface area contributed by atoms with Crippen LogP contribution in [0, 0.1) is 0 Å². The minimum absolute atomic E-state index is 0.0113. The molecule has 1 aliphatic rings. The number of halogens is 2. The van der Waals surface area contributed by atoms with E-state index in [2.05, 4.69) is 42.0 Å². The van der Waals surface area contributed by atoms with Crippen molar-refractivity contribution in [2.75, 3.05) is 6.61 Å². The first kappa shape index (κ1) is 31.1. The van der Waals surface area contributed by atoms with Gasteiger partial charge in [0.15, 0.2) is 6.61 Å². The molecule has 1 unspecified atom stereocenters. The van der Waals surface area contributed by atoms with E-state index in [-0.39, 0.29) is 36.4 Å². The molecule has 1 saturated carbocycles. The number of benzene rings is 3. The molecule has 0 bridgehead atoms. The number of ether oxygens (including phenoxy) is 1. The van der Waals surface area contributed by atoms with Gasteiger partial charge in [-0.15, -0.1) is 0 Å². The number of carbonyl (C=O) groups excluding carboxylic acids is 2. The molecule has 218 valence electrons. The van der Waals surface area contributed by atoms with E-state index in [1.54, 1.807) is 17.0 Å². The van der Waals surface area contributed by atoms with E-state index < -0.39 is 6.04 Å². The van der Waals surface area contributed by atoms with Gasteiger partial charge in [0.25, 0.3) is 5.91 Å². The molecule has 1 atom stereocenters. The highest BCUT2D eigenvalue weighted by atomic mass is 79.9. The zero-order chi connectivity index (χ0) is 29.4. The molecule has 1 aliphatic carbocycles. The number of hydrogen-bond donors (Lipinski definition) is 1. The monoisotopic (exact) mass is 638 g/mol. The zero-order valence-corrected chi connectivity index (χ0v) is 26.5. The Morgan fingerprint density at radius 3 is 2.29 bits per heavy atom. The molecule has 0 radical (unpaired) electrons. The summed E-state index contributed by atoms with van der Waals surface area (Å²) in [5.41, 5.74) is 3.03. The smallest absolute Gasteiger partial charge is 0.261 e. The van der Waals surface area contributed by atoms with Gasteiger partial charge in [-0.1, -0.05) is 100 Å². The van der Waals surface area contributed by atoms with Crippen LogP contribution in [-0.4, -0.2) is 35.4 Å². The molecule has 4 rings (SSSR count). The molecule has 5 nitrogen and oxygen atoms in total. The fraction of sp³-hybridized carbons (Fsp3) is 0.412. The third-order valence-corrected chi connectivity index (χ3v) is 8.51. The van der Waals surface area contributed by atoms with Crippen LogP contribution in [0.4, 0.5) is 0 Å². The van der Waals surface area contributed by atoms with Crippen molar-refractivity contribution in [2.24, 2.45) is 0 Å². The van der Waals surface area contributed by atoms with Crippen LogP contribution in [0.2, 0.25) is 5.02 Å². The van der Waals surface area contributed by atoms with E-state index in [0.29, 0.717) is 17.2 Å². The van der Waals surface area contributed by atoms with Gasteiger partial charge in [0.05, 0.1) is 4.47 Å². The van der Waals surface area contributed by atoms with E-state index in [9.17, 15) is 9.59 Å². The molecule has 0 aromatic heterocycles. The highest BCUT2D eigenvalue weighted by Gasteiger charge is 2.32. The normalized spacial score (nSPS) is 14.8. The molecule has 3 aromatic rings. The van der Waals surface area contributed by atoms with Crippen LogP contribution in [0.1, 0.15) is 69.6 Å². The van der Waals surface area contributed by atoms with Gasteiger partial charge in [-0.3, -0.25) is 9.59 Å². The van der Waals surface area contributed by atoms with Crippen molar-refractivity contribution in [1.29, 1.82) is 0 Å². The number of hydrogen-bond acceptors (Lipinski definition) is 3. The predicted octanol–water partition coefficient (Wildman–Crippen LogP) is 7.87. The summed E-state index contributed by atoms with van der Waals surface area (Å²) in [7, 11) is 0. The fourth-order valence-electron chi connectivity index (χ4n) is 5.19. The van der Waals surface area contributed by atoms with Crippen molar-refractivity contribution in [1.82, 2.24) is 10.2 Å². The van der Waals surface area contributed by atoms with Gasteiger partial charge in [-0.25, -0.2) is 0 Å². The van der Waals surface area contributed by atoms with Crippen molar-refractivity contribution in [2.45, 2.75) is 83.3 Å². The van der Waals surface area contributed by atoms with E-state index in [1.165, 1.54) is 6.42 Å². The highest BCUT2D eigenvalue weighted by Crippen LogP contribution is 2.31. The van der Waals surface area contributed by atoms with Crippen molar-refractivity contribution in [3.63, 3.8) is 0 Å². The minimum Gasteiger partial charge on any atom is -0.483 e. The predicted molar refractivity (Wildman–Crippen MR) is 169 cm³/mol. The molecule has 0 spiro atoms. The van der Waals surface area contributed by atoms with Crippen LogP contribution >= 0.6 is 27.5 Å². The molecular formula is C34H40BrClN2O3. The van der Waals surface area contributed by atoms with Gasteiger partial charge in [-0.2, -0.15) is 0 Å². The lowest BCUT2D eigenvalue weighted by Crippen LogP contribution is -2.53. The maximum atomic E-state index is 13.9. The first-order valence-corrected chi connectivity index (χ1v) is 15.6. The van der Waals surface area contributed by atoms with Crippen molar-refractivity contribution < 1.29 is 14.3 Å². The van der Waals surface area contributed by atoms with Gasteiger partial charge in [0.1, 0.15) is 11.8 Å². The van der Waals surface area contributed by atoms with Gasteiger partial charge in [0.2, 0.25) is 5.91 Å². The van der Waals surface area contributed by atoms with Gasteiger partial charge in [-0.05, 0) is 75.1 Å². The fourth-order valence-corrected chi connectivity index (χ4v) is 5.81. The quantitative estimate of drug-likeness (QED) is 0.246. The second-order valence-corrected chi connectivity index (χ2v) is 13.2. The molecular weight excluding hydrogens is 600 g/mol. The minimum atomic E-state index is -0.696. The SMILES string of the molecule is CC(C)(C)c1ccc(OCC(=O)N(Cc2ccc(Cl)cc2)C(Cc2ccccc2)C(=O)NC2CCCCC2)c(Br)c1. The van der Waals surface area contributed by atoms with Crippen LogP contribution in [0.5, 0.6) is 5.75 Å². The standard InChI is InChI=1S/C34H40BrClN2O3/c1-34(2,3)26-16-19-31(29(35)21-26)41-23-32(39)38(22-25-14-17-27(36)18-15-25)30(20-24-10-6-4-7-11-24)33(40)37-28-12-8-5-9-13-28/h4,6-7,10-11,14-19,21,28,30H,5,8-9,12-13,20,22-23H2,1-3H3,(H,37,40). The third kappa shape index (κ3) is 9.08. The van der Waals surface area contributed by atoms with E-state index in [0.717, 1.165) is 46.8 Å². The Kier molecular flexibility index (Phi) is 10.9. The molecule has 41 heavy (non-hydrogen) atoms. The Labute approximate surface area is 257 Å². The van der Waals surface area contributed by atoms with Gasteiger partial charge in [0, 0.05) is 24.0 Å². The number of carbonyl (C=O) groups is 2. The summed E-state index contributed by atoms with van der Waals surface area (Å²) < 4.78 is 6.83. The maximum Gasteiger partial charge on any atom is 0.261 e. The van der Waals surface area contributed by atoms with Crippen LogP contribution in [-0.2, 0) is 28.0 Å². The van der Waals surface area contributed by atoms with Crippen molar-refractivity contribution in [3.8, 4) is 5.75 Å². The Morgan fingerprint density at radius 1 is 0.976 bits per heavy atom. The van der Waals surface area contributed by atoms with Crippen molar-refractivity contribution >= 4 is 39.3 Å². The number of nitrogens with one attached hydrogen (secondary N) is 1. The third-order valence-electron chi connectivity index (χ3n) is 7.64. The second-order valence-electron chi connectivity index (χ2n) is 11.9. The summed E-state index contributed by atoms with van der Waals surface area (Å²) in [6.07, 6.45) is 5.76. The summed E-state index contributed by atoms with van der Waals surface area (Å²) >= 11 is 9.75. The molecule has 1 N–H and O–H groups in total. The summed E-state index contributed by atoms with van der Waals surface area (Å²) in [6, 6.07) is 22.6. The van der Waals surface area contributed by atoms with Gasteiger partial charge >= 0.3 is 0 Å². The number of nitrogens with zero attached hydrogens (tertiary/aromatic N) is 1. The average molecular weight is 640 g/mol. The molecule has 0 heterocycles. The first-order chi connectivity index (χ1) is 19.6. The van der Waals surface area contributed by atoms with Crippen LogP contribution < -0.4 is 10.1 Å². The lowest BCUT2D eigenvalue weighted by atomic mass is 9.87. The maximum absolute atomic E-state index is 13.9. The average Bonchev–Trinajstić information content (AvgIpc) is 2.95. The van der Waals surface area contributed by atoms with Crippen LogP contribution in [0.3, 0.4) is 0 Å². The Balaban J connectivity index is 1.60. The highest BCUT2D eigenvalue weighted by molar-refractivity contribution is 9.10. The van der Waals surface area contributed by atoms with E-state index >= 15 is 0 Å². The Bertz CT molecular complexity index is 1300. The van der Waals surface area contributed by atoms with Crippen molar-refractivity contribution in [3.05, 3.63) is 99.0 Å². The summed E-state index contributed by atoms with van der Waals surface area (Å²) in [6.45, 7) is 6.53. The largest absolute Gasteiger partial charge is 0.483 e. The first-order valence-electron chi connectivity index (χ1n) is 14.4. The molecule has 2 amide bonds. The summed E-state index contributed by atoms with van der Waals surface area (Å²) in [4.78, 5) is 29.5. The van der Waals surface area contributed by atoms with E-state index in [1.807, 2.05) is 60.7 Å². The lowest BCUT2D eigenvalue weighted by Gasteiger charge is -2.33. The Morgan fingerprint density at radius 2 is 1.66 bits per heavy atom. The molecule has 1 fully saturated rings. The summed E-state index contributed by atoms with van der Waals surface area (Å²) in [5, 5.41) is 3.89. The second kappa shape index (κ2) is 14.4. The van der Waals surface area contributed by atoms with Crippen LogP contribution in [0.25, 0.3) is 0 Å². The van der Waals surface area contributed by atoms with Gasteiger partial charge < -0.3 is 15.0 Å².